The zero-order valence-corrected chi connectivity index (χ0v) is 12.8. The Kier molecular flexibility index (Phi) is 5.18. The van der Waals surface area contributed by atoms with E-state index in [1.807, 2.05) is 39.0 Å². The molecule has 0 unspecified atom stereocenters. The number of hydrogen-bond donors (Lipinski definition) is 0. The number of hydrogen-bond acceptors (Lipinski definition) is 3. The maximum Gasteiger partial charge on any atom is 0.164 e. The molecule has 0 saturated carbocycles. The third-order valence-corrected chi connectivity index (χ3v) is 3.71. The van der Waals surface area contributed by atoms with Crippen LogP contribution in [0.5, 0.6) is 5.75 Å². The first kappa shape index (κ1) is 15.0. The van der Waals surface area contributed by atoms with Crippen LogP contribution in [0.25, 0.3) is 0 Å². The molecular weight excluding hydrogens is 250 g/mol. The van der Waals surface area contributed by atoms with Crippen molar-refractivity contribution >= 4 is 5.78 Å². The number of aryl methyl sites for hydroxylation is 1. The predicted octanol–water partition coefficient (Wildman–Crippen LogP) is 3.45. The van der Waals surface area contributed by atoms with Crippen molar-refractivity contribution in [1.82, 2.24) is 4.90 Å². The lowest BCUT2D eigenvalue weighted by molar-refractivity contribution is 0.0969. The summed E-state index contributed by atoms with van der Waals surface area (Å²) in [4.78, 5) is 14.6. The Morgan fingerprint density at radius 2 is 2.00 bits per heavy atom. The first-order valence-electron chi connectivity index (χ1n) is 7.59. The third kappa shape index (κ3) is 4.07. The van der Waals surface area contributed by atoms with Gasteiger partial charge in [0, 0.05) is 18.5 Å². The molecule has 1 heterocycles. The van der Waals surface area contributed by atoms with Gasteiger partial charge in [-0.1, -0.05) is 0 Å². The van der Waals surface area contributed by atoms with Crippen molar-refractivity contribution in [3.63, 3.8) is 0 Å². The van der Waals surface area contributed by atoms with Gasteiger partial charge >= 0.3 is 0 Å². The average molecular weight is 275 g/mol. The van der Waals surface area contributed by atoms with Gasteiger partial charge in [0.25, 0.3) is 0 Å². The highest BCUT2D eigenvalue weighted by Gasteiger charge is 2.14. The summed E-state index contributed by atoms with van der Waals surface area (Å²) < 4.78 is 5.70. The Bertz CT molecular complexity index is 462. The molecule has 1 aromatic carbocycles. The van der Waals surface area contributed by atoms with Crippen molar-refractivity contribution in [2.75, 3.05) is 19.6 Å². The number of Topliss-reactive ketones (excluding diaryl/α,β-unsaturated/α-hetero) is 1. The lowest BCUT2D eigenvalue weighted by Crippen LogP contribution is -2.22. The summed E-state index contributed by atoms with van der Waals surface area (Å²) >= 11 is 0. The second kappa shape index (κ2) is 6.89. The number of rotatable bonds is 6. The van der Waals surface area contributed by atoms with Gasteiger partial charge in [0.05, 0.1) is 6.10 Å². The second-order valence-corrected chi connectivity index (χ2v) is 5.87. The molecular formula is C17H25NO2. The van der Waals surface area contributed by atoms with Crippen LogP contribution in [0.1, 0.15) is 49.0 Å². The summed E-state index contributed by atoms with van der Waals surface area (Å²) in [6.07, 6.45) is 3.32. The van der Waals surface area contributed by atoms with E-state index in [1.165, 1.54) is 12.8 Å². The van der Waals surface area contributed by atoms with Crippen molar-refractivity contribution in [3.05, 3.63) is 29.3 Å². The molecule has 1 aliphatic rings. The Balaban J connectivity index is 1.94. The summed E-state index contributed by atoms with van der Waals surface area (Å²) in [5.74, 6) is 1.10. The molecule has 2 rings (SSSR count). The van der Waals surface area contributed by atoms with Gasteiger partial charge in [0.1, 0.15) is 5.75 Å². The van der Waals surface area contributed by atoms with E-state index in [9.17, 15) is 4.79 Å². The van der Waals surface area contributed by atoms with Crippen LogP contribution < -0.4 is 4.74 Å². The summed E-state index contributed by atoms with van der Waals surface area (Å²) in [5.41, 5.74) is 1.84. The van der Waals surface area contributed by atoms with Crippen LogP contribution >= 0.6 is 0 Å². The van der Waals surface area contributed by atoms with Gasteiger partial charge in [-0.15, -0.1) is 0 Å². The molecule has 1 fully saturated rings. The maximum absolute atomic E-state index is 12.2. The molecule has 0 aromatic heterocycles. The van der Waals surface area contributed by atoms with E-state index in [0.29, 0.717) is 6.42 Å². The van der Waals surface area contributed by atoms with Gasteiger partial charge in [-0.3, -0.25) is 4.79 Å². The molecule has 1 saturated heterocycles. The molecule has 0 bridgehead atoms. The van der Waals surface area contributed by atoms with Crippen molar-refractivity contribution in [1.29, 1.82) is 0 Å². The number of ether oxygens (including phenoxy) is 1. The minimum Gasteiger partial charge on any atom is -0.491 e. The highest BCUT2D eigenvalue weighted by Crippen LogP contribution is 2.21. The normalized spacial score (nSPS) is 15.8. The minimum absolute atomic E-state index is 0.158. The number of likely N-dealkylation sites (tertiary alicyclic amines) is 1. The van der Waals surface area contributed by atoms with E-state index in [2.05, 4.69) is 4.90 Å². The Morgan fingerprint density at radius 3 is 2.60 bits per heavy atom. The first-order chi connectivity index (χ1) is 9.56. The molecule has 0 spiro atoms. The van der Waals surface area contributed by atoms with Gasteiger partial charge in [-0.05, 0) is 70.5 Å². The lowest BCUT2D eigenvalue weighted by Gasteiger charge is -2.15. The molecule has 1 aromatic rings. The quantitative estimate of drug-likeness (QED) is 0.745. The predicted molar refractivity (Wildman–Crippen MR) is 81.6 cm³/mol. The van der Waals surface area contributed by atoms with Crippen molar-refractivity contribution in [3.8, 4) is 5.75 Å². The molecule has 1 aliphatic heterocycles. The first-order valence-corrected chi connectivity index (χ1v) is 7.59. The molecule has 0 aliphatic carbocycles. The standard InChI is InChI=1S/C17H25NO2/c1-13(2)20-17-7-6-15(12-14(17)3)16(19)8-11-18-9-4-5-10-18/h6-7,12-13H,4-5,8-11H2,1-3H3. The number of carbonyl (C=O) groups excluding carboxylic acids is 1. The molecule has 0 radical (unpaired) electrons. The Labute approximate surface area is 121 Å². The fourth-order valence-corrected chi connectivity index (χ4v) is 2.62. The average Bonchev–Trinajstić information content (AvgIpc) is 2.91. The zero-order chi connectivity index (χ0) is 14.5. The number of nitrogens with zero attached hydrogens (tertiary/aromatic N) is 1. The van der Waals surface area contributed by atoms with Crippen molar-refractivity contribution in [2.24, 2.45) is 0 Å². The molecule has 0 atom stereocenters. The van der Waals surface area contributed by atoms with Gasteiger partial charge < -0.3 is 9.64 Å². The highest BCUT2D eigenvalue weighted by atomic mass is 16.5. The van der Waals surface area contributed by atoms with E-state index in [0.717, 1.165) is 36.5 Å². The number of benzene rings is 1. The molecule has 3 heteroatoms. The van der Waals surface area contributed by atoms with Crippen LogP contribution in [0.3, 0.4) is 0 Å². The van der Waals surface area contributed by atoms with E-state index in [4.69, 9.17) is 4.74 Å². The molecule has 20 heavy (non-hydrogen) atoms. The van der Waals surface area contributed by atoms with E-state index >= 15 is 0 Å². The van der Waals surface area contributed by atoms with E-state index in [-0.39, 0.29) is 11.9 Å². The molecule has 3 nitrogen and oxygen atoms in total. The smallest absolute Gasteiger partial charge is 0.164 e. The van der Waals surface area contributed by atoms with Crippen molar-refractivity contribution < 1.29 is 9.53 Å². The summed E-state index contributed by atoms with van der Waals surface area (Å²) in [7, 11) is 0. The van der Waals surface area contributed by atoms with Gasteiger partial charge in [-0.25, -0.2) is 0 Å². The molecule has 0 N–H and O–H groups in total. The highest BCUT2D eigenvalue weighted by molar-refractivity contribution is 5.96. The second-order valence-electron chi connectivity index (χ2n) is 5.87. The maximum atomic E-state index is 12.2. The minimum atomic E-state index is 0.158. The number of carbonyl (C=O) groups is 1. The van der Waals surface area contributed by atoms with Gasteiger partial charge in [-0.2, -0.15) is 0 Å². The number of ketones is 1. The Hall–Kier alpha value is -1.35. The van der Waals surface area contributed by atoms with Crippen LogP contribution in [-0.2, 0) is 0 Å². The lowest BCUT2D eigenvalue weighted by atomic mass is 10.0. The van der Waals surface area contributed by atoms with Crippen LogP contribution in [-0.4, -0.2) is 36.4 Å². The van der Waals surface area contributed by atoms with Crippen LogP contribution in [0.2, 0.25) is 0 Å². The summed E-state index contributed by atoms with van der Waals surface area (Å²) in [6.45, 7) is 9.20. The monoisotopic (exact) mass is 275 g/mol. The third-order valence-electron chi connectivity index (χ3n) is 3.71. The van der Waals surface area contributed by atoms with E-state index in [1.54, 1.807) is 0 Å². The fraction of sp³-hybridized carbons (Fsp3) is 0.588. The van der Waals surface area contributed by atoms with Gasteiger partial charge in [0.2, 0.25) is 0 Å². The zero-order valence-electron chi connectivity index (χ0n) is 12.8. The van der Waals surface area contributed by atoms with E-state index < -0.39 is 0 Å². The summed E-state index contributed by atoms with van der Waals surface area (Å²) in [6, 6.07) is 5.75. The molecule has 110 valence electrons. The van der Waals surface area contributed by atoms with Crippen LogP contribution in [0.4, 0.5) is 0 Å². The SMILES string of the molecule is Cc1cc(C(=O)CCN2CCCC2)ccc1OC(C)C. The Morgan fingerprint density at radius 1 is 1.30 bits per heavy atom. The van der Waals surface area contributed by atoms with Gasteiger partial charge in [0.15, 0.2) is 5.78 Å². The largest absolute Gasteiger partial charge is 0.491 e. The molecule has 0 amide bonds. The fourth-order valence-electron chi connectivity index (χ4n) is 2.62. The van der Waals surface area contributed by atoms with Crippen molar-refractivity contribution in [2.45, 2.75) is 46.1 Å². The van der Waals surface area contributed by atoms with Crippen LogP contribution in [0.15, 0.2) is 18.2 Å². The summed E-state index contributed by atoms with van der Waals surface area (Å²) in [5, 5.41) is 0. The van der Waals surface area contributed by atoms with Crippen LogP contribution in [0, 0.1) is 6.92 Å². The topological polar surface area (TPSA) is 29.5 Å².